The Morgan fingerprint density at radius 1 is 1.08 bits per heavy atom. The second-order valence-corrected chi connectivity index (χ2v) is 2.91. The zero-order valence-electron chi connectivity index (χ0n) is 9.41. The molecule has 0 atom stereocenters. The Labute approximate surface area is 78.1 Å². The molecule has 0 fully saturated rings. The summed E-state index contributed by atoms with van der Waals surface area (Å²) in [7, 11) is 0. The van der Waals surface area contributed by atoms with E-state index in [1.54, 1.807) is 0 Å². The van der Waals surface area contributed by atoms with Crippen LogP contribution in [-0.4, -0.2) is 0 Å². The summed E-state index contributed by atoms with van der Waals surface area (Å²) in [6, 6.07) is 0. The molecule has 0 aliphatic rings. The summed E-state index contributed by atoms with van der Waals surface area (Å²) in [5.41, 5.74) is 2.97. The standard InChI is InChI=1S/C7H14.C5H8/c1-5-7(4)6(2)3;1-3-5-4-2/h5H2,1-4H3;3H2,1-2H3. The van der Waals surface area contributed by atoms with Gasteiger partial charge in [-0.3, -0.25) is 0 Å². The average Bonchev–Trinajstić information content (AvgIpc) is 2.05. The fourth-order valence-electron chi connectivity index (χ4n) is 0.530. The van der Waals surface area contributed by atoms with Crippen molar-refractivity contribution in [3.63, 3.8) is 0 Å². The fraction of sp³-hybridized carbons (Fsp3) is 0.667. The summed E-state index contributed by atoms with van der Waals surface area (Å²) in [6.07, 6.45) is 2.18. The summed E-state index contributed by atoms with van der Waals surface area (Å²) in [5, 5.41) is 0. The summed E-state index contributed by atoms with van der Waals surface area (Å²) in [5.74, 6) is 5.63. The first-order valence-electron chi connectivity index (χ1n) is 4.62. The molecule has 0 aromatic rings. The van der Waals surface area contributed by atoms with Gasteiger partial charge in [0, 0.05) is 6.42 Å². The first kappa shape index (κ1) is 13.9. The SMILES string of the molecule is CC#CCC.CCC(C)=C(C)C. The zero-order valence-corrected chi connectivity index (χ0v) is 9.41. The molecule has 0 N–H and O–H groups in total. The van der Waals surface area contributed by atoms with Crippen molar-refractivity contribution in [3.05, 3.63) is 11.1 Å². The predicted octanol–water partition coefficient (Wildman–Crippen LogP) is 4.17. The van der Waals surface area contributed by atoms with E-state index in [9.17, 15) is 0 Å². The van der Waals surface area contributed by atoms with Crippen molar-refractivity contribution >= 4 is 0 Å². The van der Waals surface area contributed by atoms with E-state index in [2.05, 4.69) is 39.5 Å². The minimum absolute atomic E-state index is 0.983. The van der Waals surface area contributed by atoms with Gasteiger partial charge in [-0.05, 0) is 34.1 Å². The molecule has 0 aliphatic carbocycles. The van der Waals surface area contributed by atoms with Crippen LogP contribution in [0.5, 0.6) is 0 Å². The number of rotatable bonds is 1. The minimum atomic E-state index is 0.983. The zero-order chi connectivity index (χ0) is 9.98. The van der Waals surface area contributed by atoms with Crippen LogP contribution in [0.25, 0.3) is 0 Å². The Bertz CT molecular complexity index is 170. The fourth-order valence-corrected chi connectivity index (χ4v) is 0.530. The highest BCUT2D eigenvalue weighted by atomic mass is 13.9. The molecular formula is C12H22. The average molecular weight is 166 g/mol. The van der Waals surface area contributed by atoms with E-state index in [1.165, 1.54) is 17.6 Å². The highest BCUT2D eigenvalue weighted by Gasteiger charge is 1.82. The third-order valence-corrected chi connectivity index (χ3v) is 1.74. The summed E-state index contributed by atoms with van der Waals surface area (Å²) < 4.78 is 0. The highest BCUT2D eigenvalue weighted by Crippen LogP contribution is 2.04. The molecule has 0 heterocycles. The molecule has 0 bridgehead atoms. The van der Waals surface area contributed by atoms with E-state index in [0.717, 1.165) is 6.42 Å². The summed E-state index contributed by atoms with van der Waals surface area (Å²) in [6.45, 7) is 12.6. The molecule has 0 saturated carbocycles. The van der Waals surface area contributed by atoms with Gasteiger partial charge >= 0.3 is 0 Å². The van der Waals surface area contributed by atoms with Crippen molar-refractivity contribution in [2.24, 2.45) is 0 Å². The molecular weight excluding hydrogens is 144 g/mol. The predicted molar refractivity (Wildman–Crippen MR) is 58.1 cm³/mol. The number of hydrogen-bond acceptors (Lipinski definition) is 0. The quantitative estimate of drug-likeness (QED) is 0.405. The van der Waals surface area contributed by atoms with Crippen LogP contribution >= 0.6 is 0 Å². The third kappa shape index (κ3) is 12.0. The molecule has 0 nitrogen and oxygen atoms in total. The molecule has 70 valence electrons. The Kier molecular flexibility index (Phi) is 11.9. The van der Waals surface area contributed by atoms with Crippen LogP contribution < -0.4 is 0 Å². The van der Waals surface area contributed by atoms with Gasteiger partial charge in [-0.25, -0.2) is 0 Å². The first-order valence-corrected chi connectivity index (χ1v) is 4.62. The Morgan fingerprint density at radius 2 is 1.58 bits per heavy atom. The molecule has 0 saturated heterocycles. The van der Waals surface area contributed by atoms with Crippen LogP contribution in [0.15, 0.2) is 11.1 Å². The maximum atomic E-state index is 2.86. The largest absolute Gasteiger partial charge is 0.107 e. The monoisotopic (exact) mass is 166 g/mol. The molecule has 0 amide bonds. The normalized spacial score (nSPS) is 7.17. The van der Waals surface area contributed by atoms with E-state index >= 15 is 0 Å². The van der Waals surface area contributed by atoms with Crippen LogP contribution in [0.1, 0.15) is 54.4 Å². The second-order valence-electron chi connectivity index (χ2n) is 2.91. The lowest BCUT2D eigenvalue weighted by Gasteiger charge is -1.94. The lowest BCUT2D eigenvalue weighted by molar-refractivity contribution is 1.05. The van der Waals surface area contributed by atoms with Gasteiger partial charge in [0.25, 0.3) is 0 Å². The van der Waals surface area contributed by atoms with Crippen LogP contribution in [-0.2, 0) is 0 Å². The van der Waals surface area contributed by atoms with Crippen molar-refractivity contribution < 1.29 is 0 Å². The van der Waals surface area contributed by atoms with Crippen LogP contribution in [0.4, 0.5) is 0 Å². The molecule has 0 aliphatic heterocycles. The third-order valence-electron chi connectivity index (χ3n) is 1.74. The van der Waals surface area contributed by atoms with Crippen molar-refractivity contribution in [2.45, 2.75) is 54.4 Å². The molecule has 0 aromatic carbocycles. The van der Waals surface area contributed by atoms with E-state index in [1.807, 2.05) is 13.8 Å². The number of hydrogen-bond donors (Lipinski definition) is 0. The van der Waals surface area contributed by atoms with Crippen molar-refractivity contribution in [3.8, 4) is 11.8 Å². The molecule has 0 rings (SSSR count). The topological polar surface area (TPSA) is 0 Å². The molecule has 0 unspecified atom stereocenters. The molecule has 12 heavy (non-hydrogen) atoms. The summed E-state index contributed by atoms with van der Waals surface area (Å²) >= 11 is 0. The van der Waals surface area contributed by atoms with Crippen LogP contribution in [0.2, 0.25) is 0 Å². The lowest BCUT2D eigenvalue weighted by Crippen LogP contribution is -1.73. The van der Waals surface area contributed by atoms with Crippen molar-refractivity contribution in [1.29, 1.82) is 0 Å². The molecule has 0 radical (unpaired) electrons. The molecule has 0 spiro atoms. The molecule has 0 aromatic heterocycles. The van der Waals surface area contributed by atoms with Crippen LogP contribution in [0.3, 0.4) is 0 Å². The van der Waals surface area contributed by atoms with Crippen molar-refractivity contribution in [2.75, 3.05) is 0 Å². The smallest absolute Gasteiger partial charge is 0.00601 e. The van der Waals surface area contributed by atoms with Gasteiger partial charge in [0.2, 0.25) is 0 Å². The van der Waals surface area contributed by atoms with Crippen molar-refractivity contribution in [1.82, 2.24) is 0 Å². The highest BCUT2D eigenvalue weighted by molar-refractivity contribution is 5.05. The van der Waals surface area contributed by atoms with Gasteiger partial charge in [-0.2, -0.15) is 0 Å². The lowest BCUT2D eigenvalue weighted by atomic mass is 10.1. The molecule has 0 heteroatoms. The van der Waals surface area contributed by atoms with Gasteiger partial charge in [-0.1, -0.05) is 25.0 Å². The van der Waals surface area contributed by atoms with Gasteiger partial charge in [0.15, 0.2) is 0 Å². The first-order chi connectivity index (χ1) is 5.59. The second kappa shape index (κ2) is 10.3. The minimum Gasteiger partial charge on any atom is -0.107 e. The van der Waals surface area contributed by atoms with E-state index < -0.39 is 0 Å². The maximum Gasteiger partial charge on any atom is 0.00601 e. The van der Waals surface area contributed by atoms with Gasteiger partial charge in [0.1, 0.15) is 0 Å². The van der Waals surface area contributed by atoms with E-state index in [4.69, 9.17) is 0 Å². The van der Waals surface area contributed by atoms with E-state index in [-0.39, 0.29) is 0 Å². The number of allylic oxidation sites excluding steroid dienone is 2. The van der Waals surface area contributed by atoms with Gasteiger partial charge in [0.05, 0.1) is 0 Å². The summed E-state index contributed by atoms with van der Waals surface area (Å²) in [4.78, 5) is 0. The Hall–Kier alpha value is -0.700. The Balaban J connectivity index is 0. The van der Waals surface area contributed by atoms with E-state index in [0.29, 0.717) is 0 Å². The van der Waals surface area contributed by atoms with Gasteiger partial charge in [-0.15, -0.1) is 11.8 Å². The maximum absolute atomic E-state index is 2.86. The van der Waals surface area contributed by atoms with Gasteiger partial charge < -0.3 is 0 Å². The Morgan fingerprint density at radius 3 is 1.58 bits per heavy atom. The van der Waals surface area contributed by atoms with Crippen LogP contribution in [0, 0.1) is 11.8 Å².